The van der Waals surface area contributed by atoms with Crippen molar-refractivity contribution >= 4 is 5.65 Å². The second-order valence-corrected chi connectivity index (χ2v) is 5.17. The molecule has 6 nitrogen and oxygen atoms in total. The highest BCUT2D eigenvalue weighted by Crippen LogP contribution is 2.12. The van der Waals surface area contributed by atoms with E-state index in [4.69, 9.17) is 0 Å². The minimum absolute atomic E-state index is 0.439. The van der Waals surface area contributed by atoms with Crippen LogP contribution in [-0.4, -0.2) is 30.2 Å². The average Bonchev–Trinajstić information content (AvgIpc) is 3.10. The molecule has 0 bridgehead atoms. The predicted molar refractivity (Wildman–Crippen MR) is 74.2 cm³/mol. The first-order valence-corrected chi connectivity index (χ1v) is 6.91. The number of fused-ring (bicyclic) bond motifs is 2. The molecule has 4 rings (SSSR count). The standard InChI is InChI=1S/C14H16N6/c1-2-6-19-8-12(18-14(19)3-1)7-15-11-4-5-13-16-10-17-20(13)9-11/h1-3,6,8,10-11,15H,4-5,7,9H2/t11-/m1/s1. The van der Waals surface area contributed by atoms with Crippen molar-refractivity contribution in [2.45, 2.75) is 32.0 Å². The maximum absolute atomic E-state index is 4.60. The molecule has 3 aromatic heterocycles. The Labute approximate surface area is 116 Å². The molecule has 1 aliphatic heterocycles. The maximum atomic E-state index is 4.60. The van der Waals surface area contributed by atoms with E-state index in [1.54, 1.807) is 6.33 Å². The van der Waals surface area contributed by atoms with E-state index in [9.17, 15) is 0 Å². The Morgan fingerprint density at radius 1 is 1.35 bits per heavy atom. The van der Waals surface area contributed by atoms with Crippen molar-refractivity contribution < 1.29 is 0 Å². The third-order valence-corrected chi connectivity index (χ3v) is 3.79. The molecular formula is C14H16N6. The van der Waals surface area contributed by atoms with Gasteiger partial charge in [0.1, 0.15) is 17.8 Å². The van der Waals surface area contributed by atoms with E-state index in [2.05, 4.69) is 26.6 Å². The molecular weight excluding hydrogens is 252 g/mol. The summed E-state index contributed by atoms with van der Waals surface area (Å²) in [6.45, 7) is 1.68. The maximum Gasteiger partial charge on any atom is 0.138 e. The molecule has 20 heavy (non-hydrogen) atoms. The first-order chi connectivity index (χ1) is 9.88. The van der Waals surface area contributed by atoms with Gasteiger partial charge in [0.15, 0.2) is 0 Å². The summed E-state index contributed by atoms with van der Waals surface area (Å²) < 4.78 is 4.04. The number of pyridine rings is 1. The fraction of sp³-hybridized carbons (Fsp3) is 0.357. The topological polar surface area (TPSA) is 60.0 Å². The van der Waals surface area contributed by atoms with Gasteiger partial charge in [0.25, 0.3) is 0 Å². The van der Waals surface area contributed by atoms with Crippen LogP contribution in [0, 0.1) is 0 Å². The molecule has 0 unspecified atom stereocenters. The fourth-order valence-corrected chi connectivity index (χ4v) is 2.73. The van der Waals surface area contributed by atoms with E-state index in [1.165, 1.54) is 0 Å². The highest BCUT2D eigenvalue weighted by Gasteiger charge is 2.19. The van der Waals surface area contributed by atoms with Crippen molar-refractivity contribution in [3.63, 3.8) is 0 Å². The lowest BCUT2D eigenvalue weighted by molar-refractivity contribution is 0.357. The summed E-state index contributed by atoms with van der Waals surface area (Å²) in [5, 5.41) is 7.81. The summed E-state index contributed by atoms with van der Waals surface area (Å²) in [5.74, 6) is 1.09. The molecule has 0 aliphatic carbocycles. The highest BCUT2D eigenvalue weighted by molar-refractivity contribution is 5.39. The number of hydrogen-bond acceptors (Lipinski definition) is 4. The summed E-state index contributed by atoms with van der Waals surface area (Å²) in [4.78, 5) is 8.84. The molecule has 0 radical (unpaired) electrons. The molecule has 0 saturated heterocycles. The number of aromatic nitrogens is 5. The van der Waals surface area contributed by atoms with E-state index in [0.29, 0.717) is 6.04 Å². The Bertz CT molecular complexity index is 695. The van der Waals surface area contributed by atoms with Crippen LogP contribution < -0.4 is 5.32 Å². The van der Waals surface area contributed by atoms with Crippen LogP contribution in [0.3, 0.4) is 0 Å². The smallest absolute Gasteiger partial charge is 0.138 e. The molecule has 6 heteroatoms. The van der Waals surface area contributed by atoms with Crippen molar-refractivity contribution in [3.05, 3.63) is 48.4 Å². The third-order valence-electron chi connectivity index (χ3n) is 3.79. The zero-order valence-corrected chi connectivity index (χ0v) is 11.1. The number of rotatable bonds is 3. The van der Waals surface area contributed by atoms with Gasteiger partial charge in [-0.2, -0.15) is 5.10 Å². The van der Waals surface area contributed by atoms with E-state index in [1.807, 2.05) is 33.5 Å². The van der Waals surface area contributed by atoms with Crippen molar-refractivity contribution in [2.24, 2.45) is 0 Å². The monoisotopic (exact) mass is 268 g/mol. The van der Waals surface area contributed by atoms with Gasteiger partial charge in [0.05, 0.1) is 12.2 Å². The second-order valence-electron chi connectivity index (χ2n) is 5.17. The lowest BCUT2D eigenvalue weighted by atomic mass is 10.1. The van der Waals surface area contributed by atoms with Crippen LogP contribution in [-0.2, 0) is 19.5 Å². The van der Waals surface area contributed by atoms with Crippen LogP contribution in [0.4, 0.5) is 0 Å². The largest absolute Gasteiger partial charge is 0.307 e. The normalized spacial score (nSPS) is 18.3. The lowest BCUT2D eigenvalue weighted by Crippen LogP contribution is -2.37. The predicted octanol–water partition coefficient (Wildman–Crippen LogP) is 1.03. The molecule has 1 N–H and O–H groups in total. The van der Waals surface area contributed by atoms with E-state index in [-0.39, 0.29) is 0 Å². The Morgan fingerprint density at radius 2 is 2.35 bits per heavy atom. The SMILES string of the molecule is c1ccn2cc(CN[C@@H]3CCc4ncnn4C3)nc2c1. The lowest BCUT2D eigenvalue weighted by Gasteiger charge is -2.23. The summed E-state index contributed by atoms with van der Waals surface area (Å²) in [7, 11) is 0. The zero-order chi connectivity index (χ0) is 13.4. The molecule has 0 fully saturated rings. The van der Waals surface area contributed by atoms with Crippen molar-refractivity contribution in [1.82, 2.24) is 29.5 Å². The summed E-state index contributed by atoms with van der Waals surface area (Å²) >= 11 is 0. The van der Waals surface area contributed by atoms with Gasteiger partial charge < -0.3 is 9.72 Å². The van der Waals surface area contributed by atoms with Gasteiger partial charge in [-0.1, -0.05) is 6.07 Å². The van der Waals surface area contributed by atoms with Gasteiger partial charge in [0, 0.05) is 31.4 Å². The minimum atomic E-state index is 0.439. The van der Waals surface area contributed by atoms with Crippen LogP contribution in [0.25, 0.3) is 5.65 Å². The van der Waals surface area contributed by atoms with E-state index in [0.717, 1.165) is 43.1 Å². The number of hydrogen-bond donors (Lipinski definition) is 1. The molecule has 0 saturated carbocycles. The van der Waals surface area contributed by atoms with Gasteiger partial charge in [-0.15, -0.1) is 0 Å². The van der Waals surface area contributed by atoms with Gasteiger partial charge in [-0.25, -0.2) is 14.6 Å². The van der Waals surface area contributed by atoms with Crippen LogP contribution >= 0.6 is 0 Å². The van der Waals surface area contributed by atoms with Gasteiger partial charge in [-0.3, -0.25) is 0 Å². The Kier molecular flexibility index (Phi) is 2.74. The van der Waals surface area contributed by atoms with E-state index >= 15 is 0 Å². The van der Waals surface area contributed by atoms with Crippen LogP contribution in [0.1, 0.15) is 17.9 Å². The fourth-order valence-electron chi connectivity index (χ4n) is 2.73. The van der Waals surface area contributed by atoms with Gasteiger partial charge in [-0.05, 0) is 18.6 Å². The summed E-state index contributed by atoms with van der Waals surface area (Å²) in [5.41, 5.74) is 2.06. The Hall–Kier alpha value is -2.21. The molecule has 0 aromatic carbocycles. The molecule has 4 heterocycles. The molecule has 102 valence electrons. The Morgan fingerprint density at radius 3 is 3.30 bits per heavy atom. The number of imidazole rings is 1. The summed E-state index contributed by atoms with van der Waals surface area (Å²) in [6, 6.07) is 6.48. The van der Waals surface area contributed by atoms with Crippen molar-refractivity contribution in [2.75, 3.05) is 0 Å². The average molecular weight is 268 g/mol. The van der Waals surface area contributed by atoms with Crippen molar-refractivity contribution in [1.29, 1.82) is 0 Å². The van der Waals surface area contributed by atoms with Gasteiger partial charge in [0.2, 0.25) is 0 Å². The number of nitrogens with one attached hydrogen (secondary N) is 1. The Balaban J connectivity index is 1.43. The van der Waals surface area contributed by atoms with E-state index < -0.39 is 0 Å². The minimum Gasteiger partial charge on any atom is -0.307 e. The van der Waals surface area contributed by atoms with Crippen LogP contribution in [0.5, 0.6) is 0 Å². The van der Waals surface area contributed by atoms with Crippen LogP contribution in [0.2, 0.25) is 0 Å². The number of nitrogens with zero attached hydrogens (tertiary/aromatic N) is 5. The molecule has 1 atom stereocenters. The van der Waals surface area contributed by atoms with Gasteiger partial charge >= 0.3 is 0 Å². The zero-order valence-electron chi connectivity index (χ0n) is 11.1. The number of aryl methyl sites for hydroxylation is 1. The quantitative estimate of drug-likeness (QED) is 0.771. The molecule has 0 amide bonds. The first-order valence-electron chi connectivity index (χ1n) is 6.91. The second kappa shape index (κ2) is 4.72. The molecule has 0 spiro atoms. The first kappa shape index (κ1) is 11.6. The highest BCUT2D eigenvalue weighted by atomic mass is 15.3. The molecule has 3 aromatic rings. The summed E-state index contributed by atoms with van der Waals surface area (Å²) in [6.07, 6.45) is 7.83. The third kappa shape index (κ3) is 2.08. The van der Waals surface area contributed by atoms with Crippen LogP contribution in [0.15, 0.2) is 36.9 Å². The molecule has 1 aliphatic rings. The van der Waals surface area contributed by atoms with Crippen molar-refractivity contribution in [3.8, 4) is 0 Å².